The Balaban J connectivity index is 1.37. The Bertz CT molecular complexity index is 474. The van der Waals surface area contributed by atoms with Crippen molar-refractivity contribution in [2.24, 2.45) is 11.8 Å². The molecular formula is C15H22N2O2S. The van der Waals surface area contributed by atoms with Crippen LogP contribution in [0.25, 0.3) is 0 Å². The second-order valence-electron chi connectivity index (χ2n) is 6.37. The molecule has 0 unspecified atom stereocenters. The molecule has 3 heterocycles. The average Bonchev–Trinajstić information content (AvgIpc) is 2.86. The Labute approximate surface area is 124 Å². The van der Waals surface area contributed by atoms with Crippen molar-refractivity contribution in [3.8, 4) is 0 Å². The first kappa shape index (κ1) is 13.2. The number of nitrogens with zero attached hydrogens (tertiary/aromatic N) is 2. The molecule has 110 valence electrons. The predicted molar refractivity (Wildman–Crippen MR) is 77.8 cm³/mol. The fourth-order valence-corrected chi connectivity index (χ4v) is 4.08. The van der Waals surface area contributed by atoms with Crippen molar-refractivity contribution in [2.75, 3.05) is 26.3 Å². The third kappa shape index (κ3) is 2.64. The number of rotatable bonds is 5. The standard InChI is InChI=1S/C15H22N2O2S/c1-10-16-12(9-20-10)6-19-15-5-17(4-11-2-3-11)14-8-18-7-13(14)15/h9,11,13-15H,2-8H2,1H3/t13-,14+,15+/m0/s1. The molecule has 20 heavy (non-hydrogen) atoms. The normalized spacial score (nSPS) is 33.8. The summed E-state index contributed by atoms with van der Waals surface area (Å²) in [5.74, 6) is 1.50. The number of hydrogen-bond acceptors (Lipinski definition) is 5. The molecule has 2 saturated heterocycles. The average molecular weight is 294 g/mol. The molecule has 2 aliphatic heterocycles. The molecule has 3 fully saturated rings. The minimum Gasteiger partial charge on any atom is -0.379 e. The Morgan fingerprint density at radius 1 is 1.45 bits per heavy atom. The highest BCUT2D eigenvalue weighted by Crippen LogP contribution is 2.37. The van der Waals surface area contributed by atoms with E-state index in [1.54, 1.807) is 11.3 Å². The van der Waals surface area contributed by atoms with E-state index < -0.39 is 0 Å². The van der Waals surface area contributed by atoms with Crippen LogP contribution in [0, 0.1) is 18.8 Å². The van der Waals surface area contributed by atoms with Crippen LogP contribution in [0.5, 0.6) is 0 Å². The van der Waals surface area contributed by atoms with Crippen molar-refractivity contribution in [1.29, 1.82) is 0 Å². The molecule has 0 spiro atoms. The van der Waals surface area contributed by atoms with Crippen molar-refractivity contribution in [1.82, 2.24) is 9.88 Å². The second kappa shape index (κ2) is 5.37. The predicted octanol–water partition coefficient (Wildman–Crippen LogP) is 2.08. The van der Waals surface area contributed by atoms with Gasteiger partial charge in [-0.2, -0.15) is 0 Å². The van der Waals surface area contributed by atoms with Crippen molar-refractivity contribution in [2.45, 2.75) is 38.5 Å². The van der Waals surface area contributed by atoms with Crippen LogP contribution in [-0.4, -0.2) is 48.3 Å². The lowest BCUT2D eigenvalue weighted by atomic mass is 10.0. The summed E-state index contributed by atoms with van der Waals surface area (Å²) in [5.41, 5.74) is 1.07. The molecule has 5 heteroatoms. The molecule has 3 aliphatic rings. The molecule has 1 saturated carbocycles. The van der Waals surface area contributed by atoms with Crippen LogP contribution in [0.2, 0.25) is 0 Å². The minimum absolute atomic E-state index is 0.322. The van der Waals surface area contributed by atoms with Gasteiger partial charge in [0.15, 0.2) is 0 Å². The molecule has 3 atom stereocenters. The van der Waals surface area contributed by atoms with Crippen LogP contribution < -0.4 is 0 Å². The summed E-state index contributed by atoms with van der Waals surface area (Å²) >= 11 is 1.70. The Hall–Kier alpha value is -0.490. The SMILES string of the molecule is Cc1nc(CO[C@@H]2CN(CC3CC3)[C@@H]3COC[C@@H]32)cs1. The summed E-state index contributed by atoms with van der Waals surface area (Å²) in [6.07, 6.45) is 3.15. The van der Waals surface area contributed by atoms with Crippen LogP contribution in [0.1, 0.15) is 23.5 Å². The topological polar surface area (TPSA) is 34.6 Å². The van der Waals surface area contributed by atoms with Gasteiger partial charge < -0.3 is 9.47 Å². The first-order chi connectivity index (χ1) is 9.79. The highest BCUT2D eigenvalue weighted by molar-refractivity contribution is 7.09. The minimum atomic E-state index is 0.322. The van der Waals surface area contributed by atoms with E-state index in [0.29, 0.717) is 24.7 Å². The molecule has 0 radical (unpaired) electrons. The summed E-state index contributed by atoms with van der Waals surface area (Å²) in [7, 11) is 0. The molecule has 0 amide bonds. The lowest BCUT2D eigenvalue weighted by molar-refractivity contribution is 0.00779. The van der Waals surface area contributed by atoms with Gasteiger partial charge in [0.05, 0.1) is 36.6 Å². The first-order valence-corrected chi connectivity index (χ1v) is 8.52. The van der Waals surface area contributed by atoms with Gasteiger partial charge in [-0.15, -0.1) is 11.3 Å². The molecule has 4 nitrogen and oxygen atoms in total. The van der Waals surface area contributed by atoms with E-state index in [2.05, 4.69) is 15.3 Å². The Kier molecular flexibility index (Phi) is 3.54. The van der Waals surface area contributed by atoms with E-state index in [1.807, 2.05) is 6.92 Å². The van der Waals surface area contributed by atoms with Crippen molar-refractivity contribution in [3.63, 3.8) is 0 Å². The van der Waals surface area contributed by atoms with Gasteiger partial charge >= 0.3 is 0 Å². The molecule has 1 aromatic rings. The lowest BCUT2D eigenvalue weighted by Gasteiger charge is -2.21. The van der Waals surface area contributed by atoms with E-state index in [9.17, 15) is 0 Å². The largest absolute Gasteiger partial charge is 0.379 e. The summed E-state index contributed by atoms with van der Waals surface area (Å²) in [6.45, 7) is 6.79. The maximum absolute atomic E-state index is 6.17. The van der Waals surface area contributed by atoms with Crippen molar-refractivity contribution >= 4 is 11.3 Å². The van der Waals surface area contributed by atoms with Crippen LogP contribution >= 0.6 is 11.3 Å². The number of likely N-dealkylation sites (tertiary alicyclic amines) is 1. The highest BCUT2D eigenvalue weighted by atomic mass is 32.1. The zero-order valence-corrected chi connectivity index (χ0v) is 12.8. The number of aryl methyl sites for hydroxylation is 1. The van der Waals surface area contributed by atoms with E-state index >= 15 is 0 Å². The summed E-state index contributed by atoms with van der Waals surface area (Å²) in [4.78, 5) is 7.10. The van der Waals surface area contributed by atoms with Crippen molar-refractivity contribution < 1.29 is 9.47 Å². The monoisotopic (exact) mass is 294 g/mol. The summed E-state index contributed by atoms with van der Waals surface area (Å²) in [6, 6.07) is 0.595. The van der Waals surface area contributed by atoms with Gasteiger partial charge in [-0.25, -0.2) is 4.98 Å². The molecule has 1 aliphatic carbocycles. The Morgan fingerprint density at radius 3 is 3.10 bits per heavy atom. The zero-order chi connectivity index (χ0) is 13.5. The summed E-state index contributed by atoms with van der Waals surface area (Å²) < 4.78 is 11.9. The van der Waals surface area contributed by atoms with Gasteiger partial charge in [0.25, 0.3) is 0 Å². The summed E-state index contributed by atoms with van der Waals surface area (Å²) in [5, 5.41) is 3.22. The third-order valence-electron chi connectivity index (χ3n) is 4.76. The molecule has 1 aromatic heterocycles. The van der Waals surface area contributed by atoms with E-state index in [0.717, 1.165) is 36.4 Å². The smallest absolute Gasteiger partial charge is 0.0901 e. The van der Waals surface area contributed by atoms with Gasteiger partial charge in [-0.05, 0) is 25.7 Å². The van der Waals surface area contributed by atoms with Crippen molar-refractivity contribution in [3.05, 3.63) is 16.1 Å². The number of hydrogen-bond donors (Lipinski definition) is 0. The third-order valence-corrected chi connectivity index (χ3v) is 5.58. The number of thiazole rings is 1. The maximum Gasteiger partial charge on any atom is 0.0901 e. The highest BCUT2D eigenvalue weighted by Gasteiger charge is 2.47. The van der Waals surface area contributed by atoms with E-state index in [1.165, 1.54) is 19.4 Å². The van der Waals surface area contributed by atoms with E-state index in [-0.39, 0.29) is 0 Å². The molecule has 0 bridgehead atoms. The fraction of sp³-hybridized carbons (Fsp3) is 0.800. The quantitative estimate of drug-likeness (QED) is 0.833. The van der Waals surface area contributed by atoms with Gasteiger partial charge in [-0.1, -0.05) is 0 Å². The number of fused-ring (bicyclic) bond motifs is 1. The number of aromatic nitrogens is 1. The van der Waals surface area contributed by atoms with Crippen LogP contribution in [0.4, 0.5) is 0 Å². The van der Waals surface area contributed by atoms with Crippen LogP contribution in [-0.2, 0) is 16.1 Å². The molecule has 0 N–H and O–H groups in total. The molecule has 0 aromatic carbocycles. The molecular weight excluding hydrogens is 272 g/mol. The van der Waals surface area contributed by atoms with Crippen LogP contribution in [0.3, 0.4) is 0 Å². The second-order valence-corrected chi connectivity index (χ2v) is 7.44. The Morgan fingerprint density at radius 2 is 2.35 bits per heavy atom. The maximum atomic E-state index is 6.17. The van der Waals surface area contributed by atoms with Gasteiger partial charge in [0.1, 0.15) is 0 Å². The van der Waals surface area contributed by atoms with Gasteiger partial charge in [0.2, 0.25) is 0 Å². The molecule has 4 rings (SSSR count). The van der Waals surface area contributed by atoms with Gasteiger partial charge in [0, 0.05) is 30.4 Å². The number of ether oxygens (including phenoxy) is 2. The zero-order valence-electron chi connectivity index (χ0n) is 12.0. The first-order valence-electron chi connectivity index (χ1n) is 7.64. The lowest BCUT2D eigenvalue weighted by Crippen LogP contribution is -2.34. The van der Waals surface area contributed by atoms with E-state index in [4.69, 9.17) is 9.47 Å². The fourth-order valence-electron chi connectivity index (χ4n) is 3.48. The van der Waals surface area contributed by atoms with Gasteiger partial charge in [-0.3, -0.25) is 4.90 Å². The van der Waals surface area contributed by atoms with Crippen LogP contribution in [0.15, 0.2) is 5.38 Å².